The molecule has 1 aromatic rings. The first-order valence-corrected chi connectivity index (χ1v) is 9.85. The highest BCUT2D eigenvalue weighted by Gasteiger charge is 2.48. The monoisotopic (exact) mass is 341 g/mol. The third kappa shape index (κ3) is 4.34. The summed E-state index contributed by atoms with van der Waals surface area (Å²) in [5, 5.41) is 9.19. The number of rotatable bonds is 5. The minimum atomic E-state index is -3.23. The molecule has 0 spiro atoms. The largest absolute Gasteiger partial charge is 0.445 e. The van der Waals surface area contributed by atoms with Crippen molar-refractivity contribution in [2.24, 2.45) is 0 Å². The van der Waals surface area contributed by atoms with Gasteiger partial charge in [0, 0.05) is 13.2 Å². The number of ether oxygens (including phenoxy) is 1. The standard InChI is InChI=1S/C16H24NO5P/c1-3-22-23(2,20)16(19)10-7-11-17(13-16)15(18)21-12-14-8-5-4-6-9-14/h4-6,8-9,19H,3,7,10-13H2,1-2H3. The SMILES string of the molecule is CCOP(C)(=O)C1(O)CCCN(C(=O)OCc2ccccc2)C1. The zero-order valence-electron chi connectivity index (χ0n) is 13.6. The molecule has 1 aromatic carbocycles. The molecule has 1 aliphatic rings. The molecule has 23 heavy (non-hydrogen) atoms. The molecule has 7 heteroatoms. The van der Waals surface area contributed by atoms with Crippen molar-refractivity contribution in [2.75, 3.05) is 26.4 Å². The molecule has 0 saturated carbocycles. The van der Waals surface area contributed by atoms with Crippen molar-refractivity contribution in [3.8, 4) is 0 Å². The van der Waals surface area contributed by atoms with Gasteiger partial charge in [-0.3, -0.25) is 4.57 Å². The number of nitrogens with zero attached hydrogens (tertiary/aromatic N) is 1. The van der Waals surface area contributed by atoms with Crippen molar-refractivity contribution in [3.63, 3.8) is 0 Å². The fourth-order valence-electron chi connectivity index (χ4n) is 2.68. The summed E-state index contributed by atoms with van der Waals surface area (Å²) in [6.07, 6.45) is 0.397. The quantitative estimate of drug-likeness (QED) is 0.833. The van der Waals surface area contributed by atoms with Gasteiger partial charge in [0.25, 0.3) is 0 Å². The van der Waals surface area contributed by atoms with Crippen molar-refractivity contribution in [1.29, 1.82) is 0 Å². The lowest BCUT2D eigenvalue weighted by Gasteiger charge is -2.41. The second-order valence-corrected chi connectivity index (χ2v) is 8.59. The Labute approximate surface area is 136 Å². The van der Waals surface area contributed by atoms with Crippen LogP contribution in [0.2, 0.25) is 0 Å². The second-order valence-electron chi connectivity index (χ2n) is 5.81. The smallest absolute Gasteiger partial charge is 0.410 e. The van der Waals surface area contributed by atoms with Crippen LogP contribution >= 0.6 is 7.37 Å². The minimum Gasteiger partial charge on any atom is -0.445 e. The molecule has 0 radical (unpaired) electrons. The lowest BCUT2D eigenvalue weighted by atomic mass is 10.1. The maximum absolute atomic E-state index is 12.6. The fourth-order valence-corrected chi connectivity index (χ4v) is 4.41. The van der Waals surface area contributed by atoms with E-state index in [1.807, 2.05) is 30.3 Å². The Bertz CT molecular complexity index is 579. The molecule has 0 aliphatic carbocycles. The van der Waals surface area contributed by atoms with Crippen LogP contribution in [-0.4, -0.2) is 47.8 Å². The van der Waals surface area contributed by atoms with Crippen LogP contribution < -0.4 is 0 Å². The van der Waals surface area contributed by atoms with Gasteiger partial charge in [-0.15, -0.1) is 0 Å². The minimum absolute atomic E-state index is 0.0333. The van der Waals surface area contributed by atoms with E-state index in [0.29, 0.717) is 19.4 Å². The number of amides is 1. The molecule has 1 heterocycles. The van der Waals surface area contributed by atoms with Crippen LogP contribution in [0.15, 0.2) is 30.3 Å². The van der Waals surface area contributed by atoms with E-state index in [9.17, 15) is 14.5 Å². The predicted molar refractivity (Wildman–Crippen MR) is 87.5 cm³/mol. The van der Waals surface area contributed by atoms with Crippen LogP contribution in [0.3, 0.4) is 0 Å². The predicted octanol–water partition coefficient (Wildman–Crippen LogP) is 3.05. The van der Waals surface area contributed by atoms with E-state index in [-0.39, 0.29) is 19.8 Å². The van der Waals surface area contributed by atoms with E-state index < -0.39 is 18.8 Å². The number of hydrogen-bond acceptors (Lipinski definition) is 5. The Hall–Kier alpha value is -1.36. The van der Waals surface area contributed by atoms with Gasteiger partial charge < -0.3 is 19.3 Å². The van der Waals surface area contributed by atoms with Crippen LogP contribution in [-0.2, 0) is 20.4 Å². The van der Waals surface area contributed by atoms with Gasteiger partial charge in [-0.2, -0.15) is 0 Å². The molecule has 1 N–H and O–H groups in total. The molecule has 1 saturated heterocycles. The molecule has 1 fully saturated rings. The van der Waals surface area contributed by atoms with Gasteiger partial charge in [0.1, 0.15) is 6.61 Å². The average molecular weight is 341 g/mol. The van der Waals surface area contributed by atoms with Crippen molar-refractivity contribution in [1.82, 2.24) is 4.90 Å². The van der Waals surface area contributed by atoms with E-state index in [1.54, 1.807) is 6.92 Å². The summed E-state index contributed by atoms with van der Waals surface area (Å²) in [6.45, 7) is 4.03. The number of hydrogen-bond donors (Lipinski definition) is 1. The second kappa shape index (κ2) is 7.47. The lowest BCUT2D eigenvalue weighted by Crippen LogP contribution is -2.50. The van der Waals surface area contributed by atoms with Gasteiger partial charge in [0.05, 0.1) is 13.2 Å². The van der Waals surface area contributed by atoms with E-state index in [4.69, 9.17) is 9.26 Å². The Balaban J connectivity index is 1.97. The normalized spacial score (nSPS) is 24.0. The summed E-state index contributed by atoms with van der Waals surface area (Å²) in [7, 11) is -3.23. The van der Waals surface area contributed by atoms with Crippen LogP contribution in [0.25, 0.3) is 0 Å². The summed E-state index contributed by atoms with van der Waals surface area (Å²) >= 11 is 0. The Morgan fingerprint density at radius 1 is 1.39 bits per heavy atom. The number of aliphatic hydroxyl groups is 1. The molecule has 2 atom stereocenters. The number of carbonyl (C=O) groups is 1. The van der Waals surface area contributed by atoms with Crippen molar-refractivity contribution in [3.05, 3.63) is 35.9 Å². The van der Waals surface area contributed by atoms with E-state index >= 15 is 0 Å². The van der Waals surface area contributed by atoms with Gasteiger partial charge in [-0.25, -0.2) is 4.79 Å². The molecule has 6 nitrogen and oxygen atoms in total. The molecule has 0 bridgehead atoms. The summed E-state index contributed by atoms with van der Waals surface area (Å²) in [5.74, 6) is 0. The molecule has 1 amide bonds. The molecular weight excluding hydrogens is 317 g/mol. The first-order chi connectivity index (χ1) is 10.9. The third-order valence-corrected chi connectivity index (χ3v) is 6.67. The third-order valence-electron chi connectivity index (χ3n) is 4.04. The fraction of sp³-hybridized carbons (Fsp3) is 0.562. The van der Waals surface area contributed by atoms with Crippen molar-refractivity contribution in [2.45, 2.75) is 31.7 Å². The van der Waals surface area contributed by atoms with E-state index in [0.717, 1.165) is 5.56 Å². The number of likely N-dealkylation sites (tertiary alicyclic amines) is 1. The summed E-state index contributed by atoms with van der Waals surface area (Å²) < 4.78 is 23.1. The van der Waals surface area contributed by atoms with Crippen molar-refractivity contribution < 1.29 is 23.7 Å². The van der Waals surface area contributed by atoms with E-state index in [2.05, 4.69) is 0 Å². The van der Waals surface area contributed by atoms with Gasteiger partial charge in [0.2, 0.25) is 7.37 Å². The van der Waals surface area contributed by atoms with Crippen LogP contribution in [0.4, 0.5) is 4.79 Å². The van der Waals surface area contributed by atoms with Gasteiger partial charge in [-0.1, -0.05) is 30.3 Å². The lowest BCUT2D eigenvalue weighted by molar-refractivity contribution is 0.0141. The zero-order chi connectivity index (χ0) is 16.9. The topological polar surface area (TPSA) is 76.1 Å². The Morgan fingerprint density at radius 3 is 2.74 bits per heavy atom. The highest BCUT2D eigenvalue weighted by Crippen LogP contribution is 2.57. The van der Waals surface area contributed by atoms with Crippen molar-refractivity contribution >= 4 is 13.5 Å². The van der Waals surface area contributed by atoms with Crippen LogP contribution in [0, 0.1) is 0 Å². The summed E-state index contributed by atoms with van der Waals surface area (Å²) in [4.78, 5) is 13.6. The number of carbonyl (C=O) groups excluding carboxylic acids is 1. The Morgan fingerprint density at radius 2 is 2.09 bits per heavy atom. The maximum atomic E-state index is 12.6. The molecular formula is C16H24NO5P. The first-order valence-electron chi connectivity index (χ1n) is 7.78. The highest BCUT2D eigenvalue weighted by molar-refractivity contribution is 7.59. The maximum Gasteiger partial charge on any atom is 0.410 e. The van der Waals surface area contributed by atoms with Gasteiger partial charge in [-0.05, 0) is 25.3 Å². The molecule has 128 valence electrons. The molecule has 1 aliphatic heterocycles. The molecule has 2 unspecified atom stereocenters. The molecule has 0 aromatic heterocycles. The average Bonchev–Trinajstić information content (AvgIpc) is 2.53. The highest BCUT2D eigenvalue weighted by atomic mass is 31.2. The van der Waals surface area contributed by atoms with E-state index in [1.165, 1.54) is 11.6 Å². The Kier molecular flexibility index (Phi) is 5.84. The number of benzene rings is 1. The molecule has 2 rings (SSSR count). The van der Waals surface area contributed by atoms with Gasteiger partial charge >= 0.3 is 6.09 Å². The number of β-amino-alcohol motifs (C(OH)–C–C–N with tert-alkyl or cyclic N) is 1. The summed E-state index contributed by atoms with van der Waals surface area (Å²) in [6, 6.07) is 9.38. The number of piperidine rings is 1. The first kappa shape index (κ1) is 18.0. The van der Waals surface area contributed by atoms with Crippen LogP contribution in [0.1, 0.15) is 25.3 Å². The van der Waals surface area contributed by atoms with Crippen LogP contribution in [0.5, 0.6) is 0 Å². The zero-order valence-corrected chi connectivity index (χ0v) is 14.5. The van der Waals surface area contributed by atoms with Gasteiger partial charge in [0.15, 0.2) is 5.34 Å². The summed E-state index contributed by atoms with van der Waals surface area (Å²) in [5.41, 5.74) is 0.892.